The summed E-state index contributed by atoms with van der Waals surface area (Å²) in [5.74, 6) is -0.997. The lowest BCUT2D eigenvalue weighted by Gasteiger charge is -2.35. The number of aryl methyl sites for hydroxylation is 1. The number of sulfonamides is 1. The lowest BCUT2D eigenvalue weighted by atomic mass is 10.1. The third-order valence-corrected chi connectivity index (χ3v) is 7.36. The molecule has 0 radical (unpaired) electrons. The van der Waals surface area contributed by atoms with Crippen LogP contribution in [0.25, 0.3) is 0 Å². The molecule has 0 spiro atoms. The molecule has 0 N–H and O–H groups in total. The maximum atomic E-state index is 13.5. The Hall–Kier alpha value is -3.09. The normalized spacial score (nSPS) is 16.4. The van der Waals surface area contributed by atoms with Crippen LogP contribution in [0.1, 0.15) is 39.2 Å². The topological polar surface area (TPSA) is 108 Å². The second kappa shape index (κ2) is 9.51. The van der Waals surface area contributed by atoms with Gasteiger partial charge in [0.05, 0.1) is 24.8 Å². The summed E-state index contributed by atoms with van der Waals surface area (Å²) < 4.78 is 78.9. The van der Waals surface area contributed by atoms with Gasteiger partial charge in [-0.3, -0.25) is 13.8 Å². The predicted molar refractivity (Wildman–Crippen MR) is 118 cm³/mol. The molecule has 1 aliphatic heterocycles. The van der Waals surface area contributed by atoms with Crippen LogP contribution in [-0.2, 0) is 37.8 Å². The molecule has 1 aromatic heterocycles. The molecular weight excluding hydrogens is 491 g/mol. The number of nitrogens with zero attached hydrogens (tertiary/aromatic N) is 3. The van der Waals surface area contributed by atoms with Crippen molar-refractivity contribution >= 4 is 27.5 Å². The number of rotatable bonds is 8. The highest BCUT2D eigenvalue weighted by Gasteiger charge is 2.50. The quantitative estimate of drug-likeness (QED) is 0.495. The minimum absolute atomic E-state index is 0.0731. The van der Waals surface area contributed by atoms with Gasteiger partial charge >= 0.3 is 12.1 Å². The van der Waals surface area contributed by atoms with E-state index >= 15 is 0 Å². The molecule has 0 bridgehead atoms. The van der Waals surface area contributed by atoms with Crippen molar-refractivity contribution in [2.24, 2.45) is 7.05 Å². The van der Waals surface area contributed by atoms with Crippen LogP contribution < -0.4 is 9.04 Å². The Kier molecular flexibility index (Phi) is 7.21. The smallest absolute Gasteiger partial charge is 0.427 e. The average Bonchev–Trinajstić information content (AvgIpc) is 3.17. The van der Waals surface area contributed by atoms with Crippen LogP contribution in [-0.4, -0.2) is 54.4 Å². The number of hydrogen-bond acceptors (Lipinski definition) is 7. The number of anilines is 1. The van der Waals surface area contributed by atoms with Crippen molar-refractivity contribution in [1.82, 2.24) is 9.78 Å². The SMILES string of the molecule is CC(=O)CC[C@H]1CN(S(=O)(=O)c2ccnn2C)c2cc(CC(=O)OC(C)(C)C(F)(F)F)ccc2O1. The number of halogens is 3. The molecule has 35 heavy (non-hydrogen) atoms. The summed E-state index contributed by atoms with van der Waals surface area (Å²) in [5.41, 5.74) is -2.33. The van der Waals surface area contributed by atoms with Gasteiger partial charge in [-0.2, -0.15) is 26.7 Å². The standard InChI is InChI=1S/C22H26F3N3O6S/c1-14(29)5-7-16-13-28(35(31,32)19-9-10-26-27(19)4)17-11-15(6-8-18(17)33-16)12-20(30)34-21(2,3)22(23,24)25/h6,8-11,16H,5,7,12-13H2,1-4H3/t16-/m0/s1. The maximum Gasteiger partial charge on any atom is 0.427 e. The van der Waals surface area contributed by atoms with Crippen LogP contribution in [0.15, 0.2) is 35.5 Å². The summed E-state index contributed by atoms with van der Waals surface area (Å²) >= 11 is 0. The number of ether oxygens (including phenoxy) is 2. The highest BCUT2D eigenvalue weighted by Crippen LogP contribution is 2.39. The van der Waals surface area contributed by atoms with Crippen LogP contribution in [0.3, 0.4) is 0 Å². The van der Waals surface area contributed by atoms with Gasteiger partial charge in [0, 0.05) is 13.5 Å². The van der Waals surface area contributed by atoms with Gasteiger partial charge in [0.2, 0.25) is 5.60 Å². The van der Waals surface area contributed by atoms with Crippen molar-refractivity contribution in [1.29, 1.82) is 0 Å². The van der Waals surface area contributed by atoms with Crippen LogP contribution in [0, 0.1) is 0 Å². The fourth-order valence-corrected chi connectivity index (χ4v) is 5.09. The van der Waals surface area contributed by atoms with Crippen molar-refractivity contribution < 1.29 is 40.7 Å². The Morgan fingerprint density at radius 1 is 1.23 bits per heavy atom. The van der Waals surface area contributed by atoms with E-state index < -0.39 is 40.3 Å². The first-order valence-corrected chi connectivity index (χ1v) is 12.1. The molecule has 1 aliphatic rings. The molecule has 0 saturated carbocycles. The molecule has 0 amide bonds. The van der Waals surface area contributed by atoms with E-state index in [1.807, 2.05) is 0 Å². The zero-order chi connectivity index (χ0) is 26.2. The summed E-state index contributed by atoms with van der Waals surface area (Å²) in [6.07, 6.45) is -4.07. The Bertz CT molecular complexity index is 1220. The third-order valence-electron chi connectivity index (χ3n) is 5.50. The molecule has 2 heterocycles. The number of carbonyl (C=O) groups excluding carboxylic acids is 2. The second-order valence-electron chi connectivity index (χ2n) is 8.77. The molecule has 192 valence electrons. The van der Waals surface area contributed by atoms with Crippen molar-refractivity contribution in [2.75, 3.05) is 10.8 Å². The van der Waals surface area contributed by atoms with E-state index in [-0.39, 0.29) is 47.2 Å². The first-order chi connectivity index (χ1) is 16.1. The summed E-state index contributed by atoms with van der Waals surface area (Å²) in [7, 11) is -2.66. The highest BCUT2D eigenvalue weighted by atomic mass is 32.2. The van der Waals surface area contributed by atoms with Gasteiger partial charge in [-0.05, 0) is 51.0 Å². The van der Waals surface area contributed by atoms with Crippen LogP contribution >= 0.6 is 0 Å². The first kappa shape index (κ1) is 26.5. The summed E-state index contributed by atoms with van der Waals surface area (Å²) in [4.78, 5) is 23.7. The molecule has 13 heteroatoms. The molecule has 1 atom stereocenters. The van der Waals surface area contributed by atoms with Gasteiger partial charge in [0.1, 0.15) is 17.6 Å². The molecule has 9 nitrogen and oxygen atoms in total. The summed E-state index contributed by atoms with van der Waals surface area (Å²) in [6.45, 7) is 2.80. The van der Waals surface area contributed by atoms with E-state index in [1.165, 1.54) is 49.1 Å². The number of esters is 1. The number of hydrogen-bond donors (Lipinski definition) is 0. The number of carbonyl (C=O) groups is 2. The van der Waals surface area contributed by atoms with Gasteiger partial charge in [-0.1, -0.05) is 6.07 Å². The van der Waals surface area contributed by atoms with Gasteiger partial charge in [0.15, 0.2) is 5.03 Å². The van der Waals surface area contributed by atoms with Gasteiger partial charge in [0.25, 0.3) is 10.0 Å². The molecule has 0 aliphatic carbocycles. The van der Waals surface area contributed by atoms with Crippen LogP contribution in [0.5, 0.6) is 5.75 Å². The predicted octanol–water partition coefficient (Wildman–Crippen LogP) is 3.17. The van der Waals surface area contributed by atoms with Crippen LogP contribution in [0.2, 0.25) is 0 Å². The second-order valence-corrected chi connectivity index (χ2v) is 10.6. The first-order valence-electron chi connectivity index (χ1n) is 10.7. The lowest BCUT2D eigenvalue weighted by Crippen LogP contribution is -2.44. The van der Waals surface area contributed by atoms with Crippen molar-refractivity contribution in [3.63, 3.8) is 0 Å². The third kappa shape index (κ3) is 5.77. The number of ketones is 1. The molecule has 0 fully saturated rings. The Balaban J connectivity index is 1.94. The van der Waals surface area contributed by atoms with E-state index in [9.17, 15) is 31.2 Å². The largest absolute Gasteiger partial charge is 0.486 e. The molecule has 3 rings (SSSR count). The van der Waals surface area contributed by atoms with Crippen LogP contribution in [0.4, 0.5) is 18.9 Å². The Morgan fingerprint density at radius 2 is 1.91 bits per heavy atom. The van der Waals surface area contributed by atoms with Gasteiger partial charge < -0.3 is 14.3 Å². The number of fused-ring (bicyclic) bond motifs is 1. The lowest BCUT2D eigenvalue weighted by molar-refractivity contribution is -0.257. The summed E-state index contributed by atoms with van der Waals surface area (Å²) in [5, 5.41) is 3.81. The highest BCUT2D eigenvalue weighted by molar-refractivity contribution is 7.92. The van der Waals surface area contributed by atoms with Gasteiger partial charge in [-0.25, -0.2) is 0 Å². The van der Waals surface area contributed by atoms with Crippen molar-refractivity contribution in [3.8, 4) is 5.75 Å². The minimum Gasteiger partial charge on any atom is -0.486 e. The monoisotopic (exact) mass is 517 g/mol. The number of benzene rings is 1. The zero-order valence-electron chi connectivity index (χ0n) is 19.6. The molecule has 0 saturated heterocycles. The number of Topliss-reactive ketones (excluding diaryl/α,β-unsaturated/α-hetero) is 1. The number of aromatic nitrogens is 2. The fraction of sp³-hybridized carbons (Fsp3) is 0.500. The number of alkyl halides is 3. The molecule has 2 aromatic rings. The zero-order valence-corrected chi connectivity index (χ0v) is 20.4. The average molecular weight is 518 g/mol. The van der Waals surface area contributed by atoms with E-state index in [1.54, 1.807) is 0 Å². The van der Waals surface area contributed by atoms with E-state index in [4.69, 9.17) is 4.74 Å². The molecule has 0 unspecified atom stereocenters. The Morgan fingerprint density at radius 3 is 2.49 bits per heavy atom. The molecule has 1 aromatic carbocycles. The maximum absolute atomic E-state index is 13.5. The van der Waals surface area contributed by atoms with E-state index in [2.05, 4.69) is 9.84 Å². The summed E-state index contributed by atoms with van der Waals surface area (Å²) in [6, 6.07) is 5.59. The Labute approximate surface area is 200 Å². The van der Waals surface area contributed by atoms with Crippen molar-refractivity contribution in [2.45, 2.75) is 62.9 Å². The minimum atomic E-state index is -4.75. The molecular formula is C22H26F3N3O6S. The van der Waals surface area contributed by atoms with E-state index in [0.29, 0.717) is 0 Å². The fourth-order valence-electron chi connectivity index (χ4n) is 3.48. The van der Waals surface area contributed by atoms with Gasteiger partial charge in [-0.15, -0.1) is 0 Å². The van der Waals surface area contributed by atoms with E-state index in [0.717, 1.165) is 18.2 Å². The van der Waals surface area contributed by atoms with Crippen molar-refractivity contribution in [3.05, 3.63) is 36.0 Å².